The predicted octanol–water partition coefficient (Wildman–Crippen LogP) is 2.93. The molecule has 0 bridgehead atoms. The number of H-pyrrole nitrogens is 1. The van der Waals surface area contributed by atoms with E-state index in [4.69, 9.17) is 14.7 Å². The van der Waals surface area contributed by atoms with Crippen LogP contribution in [0.25, 0.3) is 0 Å². The van der Waals surface area contributed by atoms with Gasteiger partial charge in [0, 0.05) is 37.1 Å². The first kappa shape index (κ1) is 27.7. The molecule has 202 valence electrons. The Morgan fingerprint density at radius 3 is 2.39 bits per heavy atom. The number of amides is 2. The van der Waals surface area contributed by atoms with Crippen LogP contribution in [0.3, 0.4) is 0 Å². The molecule has 12 heteroatoms. The van der Waals surface area contributed by atoms with E-state index in [1.54, 1.807) is 5.48 Å². The molecule has 0 saturated carbocycles. The molecule has 3 aromatic rings. The van der Waals surface area contributed by atoms with Crippen molar-refractivity contribution in [1.29, 1.82) is 0 Å². The van der Waals surface area contributed by atoms with Crippen LogP contribution in [-0.4, -0.2) is 49.2 Å². The first-order valence-corrected chi connectivity index (χ1v) is 13.3. The lowest BCUT2D eigenvalue weighted by atomic mass is 10.0. The number of benzene rings is 2. The SMILES string of the molecule is O=C(CCCC(=O)NCc1ccc(C2OC(CSc3ncn[nH]3)CC(c3ccc(CO)cc3)O2)cc1)NO. The number of ether oxygens (including phenoxy) is 2. The molecular weight excluding hydrogens is 510 g/mol. The Morgan fingerprint density at radius 1 is 1.00 bits per heavy atom. The van der Waals surface area contributed by atoms with E-state index in [9.17, 15) is 14.7 Å². The number of aliphatic hydroxyl groups excluding tert-OH is 1. The van der Waals surface area contributed by atoms with Gasteiger partial charge in [0.2, 0.25) is 11.8 Å². The zero-order valence-corrected chi connectivity index (χ0v) is 21.5. The summed E-state index contributed by atoms with van der Waals surface area (Å²) in [5.41, 5.74) is 5.19. The minimum Gasteiger partial charge on any atom is -0.392 e. The number of aromatic amines is 1. The number of nitrogens with zero attached hydrogens (tertiary/aromatic N) is 2. The molecule has 0 aliphatic carbocycles. The number of carbonyl (C=O) groups excluding carboxylic acids is 2. The second-order valence-corrected chi connectivity index (χ2v) is 9.87. The molecular formula is C26H31N5O6S. The highest BCUT2D eigenvalue weighted by Crippen LogP contribution is 2.39. The van der Waals surface area contributed by atoms with E-state index < -0.39 is 12.2 Å². The van der Waals surface area contributed by atoms with Gasteiger partial charge in [0.15, 0.2) is 11.4 Å². The average molecular weight is 542 g/mol. The zero-order chi connectivity index (χ0) is 26.7. The Hall–Kier alpha value is -3.29. The average Bonchev–Trinajstić information content (AvgIpc) is 3.49. The molecule has 11 nitrogen and oxygen atoms in total. The lowest BCUT2D eigenvalue weighted by Crippen LogP contribution is -2.31. The second kappa shape index (κ2) is 14.0. The van der Waals surface area contributed by atoms with Crippen molar-refractivity contribution in [2.75, 3.05) is 5.75 Å². The van der Waals surface area contributed by atoms with Crippen molar-refractivity contribution < 1.29 is 29.4 Å². The Balaban J connectivity index is 1.37. The Labute approximate surface area is 224 Å². The van der Waals surface area contributed by atoms with Gasteiger partial charge in [0.1, 0.15) is 6.33 Å². The molecule has 4 rings (SSSR count). The highest BCUT2D eigenvalue weighted by Gasteiger charge is 2.32. The molecule has 2 amide bonds. The molecule has 1 fully saturated rings. The third kappa shape index (κ3) is 8.10. The van der Waals surface area contributed by atoms with Crippen LogP contribution in [0.5, 0.6) is 0 Å². The summed E-state index contributed by atoms with van der Waals surface area (Å²) in [4.78, 5) is 27.2. The molecule has 0 radical (unpaired) electrons. The molecule has 3 unspecified atom stereocenters. The van der Waals surface area contributed by atoms with Crippen molar-refractivity contribution in [2.24, 2.45) is 0 Å². The van der Waals surface area contributed by atoms with E-state index in [-0.39, 0.29) is 37.6 Å². The molecule has 1 aliphatic heterocycles. The van der Waals surface area contributed by atoms with Crippen LogP contribution in [-0.2, 0) is 32.2 Å². The first-order valence-electron chi connectivity index (χ1n) is 12.3. The highest BCUT2D eigenvalue weighted by molar-refractivity contribution is 7.99. The number of carbonyl (C=O) groups is 2. The Morgan fingerprint density at radius 2 is 1.71 bits per heavy atom. The fourth-order valence-corrected chi connectivity index (χ4v) is 4.80. The minimum atomic E-state index is -0.576. The topological polar surface area (TPSA) is 159 Å². The number of hydrogen-bond acceptors (Lipinski definition) is 9. The number of nitrogens with one attached hydrogen (secondary N) is 3. The Bertz CT molecular complexity index is 1160. The van der Waals surface area contributed by atoms with Gasteiger partial charge in [-0.05, 0) is 23.1 Å². The van der Waals surface area contributed by atoms with Crippen molar-refractivity contribution in [3.05, 3.63) is 77.1 Å². The predicted molar refractivity (Wildman–Crippen MR) is 138 cm³/mol. The normalized spacial score (nSPS) is 19.2. The minimum absolute atomic E-state index is 0.0122. The van der Waals surface area contributed by atoms with Crippen LogP contribution >= 0.6 is 11.8 Å². The van der Waals surface area contributed by atoms with E-state index in [1.807, 2.05) is 48.5 Å². The van der Waals surface area contributed by atoms with Gasteiger partial charge in [-0.25, -0.2) is 10.5 Å². The maximum absolute atomic E-state index is 12.0. The summed E-state index contributed by atoms with van der Waals surface area (Å²) >= 11 is 1.54. The summed E-state index contributed by atoms with van der Waals surface area (Å²) in [6.07, 6.45) is 1.92. The zero-order valence-electron chi connectivity index (χ0n) is 20.7. The van der Waals surface area contributed by atoms with Gasteiger partial charge in [-0.2, -0.15) is 5.10 Å². The van der Waals surface area contributed by atoms with Crippen molar-refractivity contribution in [3.63, 3.8) is 0 Å². The molecule has 2 aromatic carbocycles. The van der Waals surface area contributed by atoms with Crippen molar-refractivity contribution in [1.82, 2.24) is 26.0 Å². The first-order chi connectivity index (χ1) is 18.5. The maximum atomic E-state index is 12.0. The number of aliphatic hydroxyl groups is 1. The van der Waals surface area contributed by atoms with Gasteiger partial charge in [-0.3, -0.25) is 19.9 Å². The van der Waals surface area contributed by atoms with Gasteiger partial charge in [0.25, 0.3) is 0 Å². The largest absolute Gasteiger partial charge is 0.392 e. The number of hydroxylamine groups is 1. The Kier molecular flexibility index (Phi) is 10.2. The van der Waals surface area contributed by atoms with E-state index in [0.29, 0.717) is 25.1 Å². The van der Waals surface area contributed by atoms with Gasteiger partial charge in [0.05, 0.1) is 18.8 Å². The maximum Gasteiger partial charge on any atom is 0.243 e. The van der Waals surface area contributed by atoms with Gasteiger partial charge in [-0.1, -0.05) is 60.3 Å². The number of aromatic nitrogens is 3. The third-order valence-electron chi connectivity index (χ3n) is 6.09. The summed E-state index contributed by atoms with van der Waals surface area (Å²) in [6, 6.07) is 15.4. The van der Waals surface area contributed by atoms with E-state index >= 15 is 0 Å². The van der Waals surface area contributed by atoms with Crippen LogP contribution in [0, 0.1) is 0 Å². The van der Waals surface area contributed by atoms with Crippen LogP contribution in [0.2, 0.25) is 0 Å². The van der Waals surface area contributed by atoms with Crippen molar-refractivity contribution in [2.45, 2.75) is 62.5 Å². The van der Waals surface area contributed by atoms with E-state index in [0.717, 1.165) is 27.4 Å². The molecule has 1 aromatic heterocycles. The van der Waals surface area contributed by atoms with E-state index in [1.165, 1.54) is 18.1 Å². The molecule has 1 saturated heterocycles. The summed E-state index contributed by atoms with van der Waals surface area (Å²) in [6.45, 7) is 0.343. The van der Waals surface area contributed by atoms with E-state index in [2.05, 4.69) is 20.5 Å². The monoisotopic (exact) mass is 541 g/mol. The molecule has 0 spiro atoms. The molecule has 5 N–H and O–H groups in total. The molecule has 2 heterocycles. The van der Waals surface area contributed by atoms with Crippen LogP contribution < -0.4 is 10.8 Å². The van der Waals surface area contributed by atoms with Gasteiger partial charge in [-0.15, -0.1) is 0 Å². The van der Waals surface area contributed by atoms with Crippen LogP contribution in [0.4, 0.5) is 0 Å². The summed E-state index contributed by atoms with van der Waals surface area (Å²) in [5, 5.41) is 28.2. The lowest BCUT2D eigenvalue weighted by molar-refractivity contribution is -0.245. The lowest BCUT2D eigenvalue weighted by Gasteiger charge is -2.36. The number of hydrogen-bond donors (Lipinski definition) is 5. The molecule has 38 heavy (non-hydrogen) atoms. The third-order valence-corrected chi connectivity index (χ3v) is 7.10. The highest BCUT2D eigenvalue weighted by atomic mass is 32.2. The van der Waals surface area contributed by atoms with Crippen molar-refractivity contribution in [3.8, 4) is 0 Å². The second-order valence-electron chi connectivity index (χ2n) is 8.86. The number of rotatable bonds is 12. The van der Waals surface area contributed by atoms with Crippen molar-refractivity contribution >= 4 is 23.6 Å². The molecule has 1 aliphatic rings. The summed E-state index contributed by atoms with van der Waals surface area (Å²) < 4.78 is 12.7. The number of thioether (sulfide) groups is 1. The molecule has 3 atom stereocenters. The quantitative estimate of drug-likeness (QED) is 0.132. The van der Waals surface area contributed by atoms with Gasteiger partial charge >= 0.3 is 0 Å². The smallest absolute Gasteiger partial charge is 0.243 e. The fraction of sp³-hybridized carbons (Fsp3) is 0.385. The standard InChI is InChI=1S/C26H31N5O6S/c32-14-18-6-8-19(9-7-18)22-12-21(15-38-26-28-16-29-30-26)36-25(37-22)20-10-4-17(5-11-20)13-27-23(33)2-1-3-24(34)31-35/h4-11,16,21-22,25,32,35H,1-3,12-15H2,(H,27,33)(H,31,34)(H,28,29,30). The van der Waals surface area contributed by atoms with Gasteiger partial charge < -0.3 is 19.9 Å². The summed E-state index contributed by atoms with van der Waals surface area (Å²) in [5.74, 6) is -0.00523. The van der Waals surface area contributed by atoms with Crippen LogP contribution in [0.1, 0.15) is 60.3 Å². The van der Waals surface area contributed by atoms with Crippen LogP contribution in [0.15, 0.2) is 60.0 Å². The fourth-order valence-electron chi connectivity index (χ4n) is 4.01. The summed E-state index contributed by atoms with van der Waals surface area (Å²) in [7, 11) is 0.